The van der Waals surface area contributed by atoms with Crippen LogP contribution in [0.25, 0.3) is 0 Å². The first-order valence-electron chi connectivity index (χ1n) is 5.81. The van der Waals surface area contributed by atoms with Gasteiger partial charge in [-0.2, -0.15) is 5.26 Å². The van der Waals surface area contributed by atoms with Gasteiger partial charge in [0.05, 0.1) is 4.92 Å². The summed E-state index contributed by atoms with van der Waals surface area (Å²) in [5.74, 6) is 0. The fourth-order valence-electron chi connectivity index (χ4n) is 2.21. The molecule has 0 spiro atoms. The molecule has 0 unspecified atom stereocenters. The lowest BCUT2D eigenvalue weighted by Gasteiger charge is -2.32. The summed E-state index contributed by atoms with van der Waals surface area (Å²) < 4.78 is 0. The maximum absolute atomic E-state index is 10.9. The molecule has 0 bridgehead atoms. The van der Waals surface area contributed by atoms with E-state index >= 15 is 0 Å². The number of benzene rings is 1. The van der Waals surface area contributed by atoms with Gasteiger partial charge in [-0.15, -0.1) is 0 Å². The third kappa shape index (κ3) is 2.41. The second-order valence-electron chi connectivity index (χ2n) is 4.42. The number of rotatable bonds is 2. The molecule has 1 heterocycles. The van der Waals surface area contributed by atoms with Crippen LogP contribution in [0.3, 0.4) is 0 Å². The van der Waals surface area contributed by atoms with Gasteiger partial charge in [0, 0.05) is 30.9 Å². The van der Waals surface area contributed by atoms with E-state index in [0.29, 0.717) is 6.54 Å². The quantitative estimate of drug-likeness (QED) is 0.628. The summed E-state index contributed by atoms with van der Waals surface area (Å²) in [6.07, 6.45) is 1.96. The Kier molecular flexibility index (Phi) is 3.44. The smallest absolute Gasteiger partial charge is 0.289 e. The van der Waals surface area contributed by atoms with Crippen molar-refractivity contribution in [2.45, 2.75) is 18.9 Å². The molecule has 1 fully saturated rings. The van der Waals surface area contributed by atoms with Gasteiger partial charge in [0.1, 0.15) is 11.6 Å². The third-order valence-electron chi connectivity index (χ3n) is 3.12. The maximum Gasteiger partial charge on any atom is 0.289 e. The zero-order valence-electron chi connectivity index (χ0n) is 9.87. The summed E-state index contributed by atoms with van der Waals surface area (Å²) in [6, 6.07) is 6.62. The molecule has 2 N–H and O–H groups in total. The highest BCUT2D eigenvalue weighted by Crippen LogP contribution is 2.26. The monoisotopic (exact) mass is 246 g/mol. The molecule has 1 aliphatic rings. The number of anilines is 1. The Labute approximate surface area is 105 Å². The van der Waals surface area contributed by atoms with Crippen molar-refractivity contribution < 1.29 is 4.92 Å². The molecule has 0 aliphatic carbocycles. The Morgan fingerprint density at radius 3 is 2.94 bits per heavy atom. The highest BCUT2D eigenvalue weighted by Gasteiger charge is 2.20. The molecule has 6 nitrogen and oxygen atoms in total. The van der Waals surface area contributed by atoms with E-state index in [1.807, 2.05) is 11.0 Å². The Morgan fingerprint density at radius 2 is 2.33 bits per heavy atom. The van der Waals surface area contributed by atoms with Crippen molar-refractivity contribution in [1.82, 2.24) is 0 Å². The van der Waals surface area contributed by atoms with Crippen molar-refractivity contribution in [3.63, 3.8) is 0 Å². The van der Waals surface area contributed by atoms with Gasteiger partial charge >= 0.3 is 0 Å². The number of nitro benzene ring substituents is 1. The van der Waals surface area contributed by atoms with E-state index < -0.39 is 4.92 Å². The van der Waals surface area contributed by atoms with Crippen LogP contribution >= 0.6 is 0 Å². The van der Waals surface area contributed by atoms with Crippen LogP contribution < -0.4 is 10.6 Å². The predicted octanol–water partition coefficient (Wildman–Crippen LogP) is 1.39. The van der Waals surface area contributed by atoms with Crippen molar-refractivity contribution in [2.24, 2.45) is 5.73 Å². The molecule has 1 atom stereocenters. The number of piperidine rings is 1. The van der Waals surface area contributed by atoms with Gasteiger partial charge in [-0.3, -0.25) is 10.1 Å². The largest absolute Gasteiger partial charge is 0.370 e. The molecule has 0 aromatic heterocycles. The molecule has 1 saturated heterocycles. The fourth-order valence-corrected chi connectivity index (χ4v) is 2.21. The first-order chi connectivity index (χ1) is 8.61. The second-order valence-corrected chi connectivity index (χ2v) is 4.42. The number of hydrogen-bond acceptors (Lipinski definition) is 5. The summed E-state index contributed by atoms with van der Waals surface area (Å²) in [6.45, 7) is 1.54. The van der Waals surface area contributed by atoms with E-state index in [0.717, 1.165) is 25.1 Å². The minimum absolute atomic E-state index is 0.0880. The molecule has 0 amide bonds. The van der Waals surface area contributed by atoms with Gasteiger partial charge in [0.15, 0.2) is 0 Å². The Hall–Kier alpha value is -2.13. The lowest BCUT2D eigenvalue weighted by molar-refractivity contribution is -0.385. The summed E-state index contributed by atoms with van der Waals surface area (Å²) in [4.78, 5) is 12.4. The molecule has 0 saturated carbocycles. The SMILES string of the molecule is N#Cc1ccc(N2CCC[C@@H](N)C2)cc1[N+](=O)[O-]. The van der Waals surface area contributed by atoms with Crippen molar-refractivity contribution in [1.29, 1.82) is 5.26 Å². The number of nitro groups is 1. The summed E-state index contributed by atoms with van der Waals surface area (Å²) >= 11 is 0. The van der Waals surface area contributed by atoms with Crippen molar-refractivity contribution in [3.05, 3.63) is 33.9 Å². The third-order valence-corrected chi connectivity index (χ3v) is 3.12. The maximum atomic E-state index is 10.9. The Balaban J connectivity index is 2.32. The molecule has 1 aromatic carbocycles. The van der Waals surface area contributed by atoms with Crippen LogP contribution in [0.5, 0.6) is 0 Å². The van der Waals surface area contributed by atoms with Crippen molar-refractivity contribution in [3.8, 4) is 6.07 Å². The summed E-state index contributed by atoms with van der Waals surface area (Å²) in [7, 11) is 0. The topological polar surface area (TPSA) is 96.2 Å². The van der Waals surface area contributed by atoms with Gasteiger partial charge in [-0.25, -0.2) is 0 Å². The second kappa shape index (κ2) is 5.02. The standard InChI is InChI=1S/C12H14N4O2/c13-7-9-3-4-11(6-12(9)16(17)18)15-5-1-2-10(14)8-15/h3-4,6,10H,1-2,5,8,14H2/t10-/m1/s1. The van der Waals surface area contributed by atoms with Crippen LogP contribution in [-0.2, 0) is 0 Å². The zero-order chi connectivity index (χ0) is 13.1. The molecule has 2 rings (SSSR count). The molecule has 18 heavy (non-hydrogen) atoms. The van der Waals surface area contributed by atoms with Crippen molar-refractivity contribution in [2.75, 3.05) is 18.0 Å². The minimum atomic E-state index is -0.522. The lowest BCUT2D eigenvalue weighted by atomic mass is 10.1. The van der Waals surface area contributed by atoms with Crippen LogP contribution in [0.2, 0.25) is 0 Å². The van der Waals surface area contributed by atoms with Crippen LogP contribution in [0.4, 0.5) is 11.4 Å². The average Bonchev–Trinajstić information content (AvgIpc) is 2.38. The fraction of sp³-hybridized carbons (Fsp3) is 0.417. The van der Waals surface area contributed by atoms with Crippen molar-refractivity contribution >= 4 is 11.4 Å². The highest BCUT2D eigenvalue weighted by molar-refractivity contribution is 5.60. The van der Waals surface area contributed by atoms with Crippen LogP contribution in [0, 0.1) is 21.4 Å². The highest BCUT2D eigenvalue weighted by atomic mass is 16.6. The molecule has 1 aliphatic heterocycles. The minimum Gasteiger partial charge on any atom is -0.370 e. The first kappa shape index (κ1) is 12.3. The van der Waals surface area contributed by atoms with Crippen LogP contribution in [0.1, 0.15) is 18.4 Å². The van der Waals surface area contributed by atoms with Gasteiger partial charge in [0.2, 0.25) is 0 Å². The van der Waals surface area contributed by atoms with Gasteiger partial charge in [0.25, 0.3) is 5.69 Å². The molecule has 94 valence electrons. The summed E-state index contributed by atoms with van der Waals surface area (Å²) in [5, 5.41) is 19.7. The average molecular weight is 246 g/mol. The number of nitrogens with zero attached hydrogens (tertiary/aromatic N) is 3. The molecule has 1 aromatic rings. The molecular formula is C12H14N4O2. The predicted molar refractivity (Wildman–Crippen MR) is 67.2 cm³/mol. The van der Waals surface area contributed by atoms with E-state index in [4.69, 9.17) is 11.0 Å². The zero-order valence-corrected chi connectivity index (χ0v) is 9.87. The lowest BCUT2D eigenvalue weighted by Crippen LogP contribution is -2.42. The van der Waals surface area contributed by atoms with Gasteiger partial charge < -0.3 is 10.6 Å². The number of nitriles is 1. The van der Waals surface area contributed by atoms with Gasteiger partial charge in [-0.05, 0) is 25.0 Å². The first-order valence-corrected chi connectivity index (χ1v) is 5.81. The number of hydrogen-bond donors (Lipinski definition) is 1. The normalized spacial score (nSPS) is 19.3. The van der Waals surface area contributed by atoms with E-state index in [9.17, 15) is 10.1 Å². The van der Waals surface area contributed by atoms with E-state index in [1.54, 1.807) is 6.07 Å². The summed E-state index contributed by atoms with van der Waals surface area (Å²) in [5.41, 5.74) is 6.59. The molecule has 6 heteroatoms. The van der Waals surface area contributed by atoms with E-state index in [-0.39, 0.29) is 17.3 Å². The Bertz CT molecular complexity index is 509. The van der Waals surface area contributed by atoms with Gasteiger partial charge in [-0.1, -0.05) is 0 Å². The Morgan fingerprint density at radius 1 is 1.56 bits per heavy atom. The van der Waals surface area contributed by atoms with E-state index in [1.165, 1.54) is 12.1 Å². The van der Waals surface area contributed by atoms with Crippen LogP contribution in [-0.4, -0.2) is 24.1 Å². The molecule has 0 radical (unpaired) electrons. The van der Waals surface area contributed by atoms with Crippen LogP contribution in [0.15, 0.2) is 18.2 Å². The number of nitrogens with two attached hydrogens (primary N) is 1. The van der Waals surface area contributed by atoms with E-state index in [2.05, 4.69) is 0 Å². The molecular weight excluding hydrogens is 232 g/mol.